The molecule has 114 valence electrons. The van der Waals surface area contributed by atoms with Gasteiger partial charge in [0.15, 0.2) is 0 Å². The highest BCUT2D eigenvalue weighted by molar-refractivity contribution is 7.80. The second-order valence-electron chi connectivity index (χ2n) is 7.41. The van der Waals surface area contributed by atoms with Crippen LogP contribution in [0.4, 0.5) is 0 Å². The fraction of sp³-hybridized carbons (Fsp3) is 0.471. The zero-order chi connectivity index (χ0) is 16.0. The quantitative estimate of drug-likeness (QED) is 0.472. The van der Waals surface area contributed by atoms with Crippen LogP contribution in [0.2, 0.25) is 0 Å². The van der Waals surface area contributed by atoms with Crippen LogP contribution in [-0.2, 0) is 10.8 Å². The molecule has 0 amide bonds. The molecule has 0 aliphatic rings. The molecule has 0 fully saturated rings. The lowest BCUT2D eigenvalue weighted by Crippen LogP contribution is -2.17. The van der Waals surface area contributed by atoms with E-state index < -0.39 is 0 Å². The third-order valence-corrected chi connectivity index (χ3v) is 6.38. The maximum absolute atomic E-state index is 10.7. The molecule has 0 bridgehead atoms. The van der Waals surface area contributed by atoms with Gasteiger partial charge in [-0.3, -0.25) is 0 Å². The van der Waals surface area contributed by atoms with Gasteiger partial charge in [0.25, 0.3) is 0 Å². The van der Waals surface area contributed by atoms with Gasteiger partial charge in [-0.05, 0) is 34.6 Å². The Morgan fingerprint density at radius 2 is 1.33 bits per heavy atom. The van der Waals surface area contributed by atoms with Gasteiger partial charge in [-0.1, -0.05) is 74.4 Å². The molecule has 1 heterocycles. The first kappa shape index (κ1) is 16.7. The maximum atomic E-state index is 10.7. The van der Waals surface area contributed by atoms with Crippen molar-refractivity contribution in [1.29, 1.82) is 0 Å². The lowest BCUT2D eigenvalue weighted by molar-refractivity contribution is 0.423. The van der Waals surface area contributed by atoms with Crippen molar-refractivity contribution in [3.8, 4) is 16.2 Å². The largest absolute Gasteiger partial charge is 0.507 e. The van der Waals surface area contributed by atoms with E-state index in [-0.39, 0.29) is 10.8 Å². The van der Waals surface area contributed by atoms with Crippen LogP contribution in [0.15, 0.2) is 18.2 Å². The normalized spacial score (nSPS) is 12.7. The first-order chi connectivity index (χ1) is 9.50. The third-order valence-electron chi connectivity index (χ3n) is 3.47. The molecule has 0 aliphatic heterocycles. The van der Waals surface area contributed by atoms with Crippen molar-refractivity contribution in [2.24, 2.45) is 0 Å². The van der Waals surface area contributed by atoms with Crippen molar-refractivity contribution in [3.63, 3.8) is 0 Å². The van der Waals surface area contributed by atoms with E-state index in [4.69, 9.17) is 12.2 Å². The summed E-state index contributed by atoms with van der Waals surface area (Å²) >= 11 is 5.25. The first-order valence-corrected chi connectivity index (χ1v) is 9.54. The highest BCUT2D eigenvalue weighted by Gasteiger charge is 2.26. The molecule has 0 radical (unpaired) electrons. The smallest absolute Gasteiger partial charge is 0.123 e. The van der Waals surface area contributed by atoms with Gasteiger partial charge in [-0.15, -0.1) is 0 Å². The van der Waals surface area contributed by atoms with Crippen LogP contribution in [0.1, 0.15) is 52.7 Å². The minimum Gasteiger partial charge on any atom is -0.507 e. The number of hydrogen-bond acceptors (Lipinski definition) is 4. The Kier molecular flexibility index (Phi) is 4.35. The molecule has 1 N–H and O–H groups in total. The zero-order valence-corrected chi connectivity index (χ0v) is 15.9. The summed E-state index contributed by atoms with van der Waals surface area (Å²) in [5.74, 6) is 0.428. The summed E-state index contributed by atoms with van der Waals surface area (Å²) in [4.78, 5) is 1.18. The summed E-state index contributed by atoms with van der Waals surface area (Å²) in [6, 6.07) is 6.27. The summed E-state index contributed by atoms with van der Waals surface area (Å²) in [5, 5.41) is 10.7. The number of benzene rings is 1. The molecule has 1 aromatic heterocycles. The molecule has 4 heteroatoms. The predicted molar refractivity (Wildman–Crippen MR) is 97.5 cm³/mol. The van der Waals surface area contributed by atoms with Crippen LogP contribution in [0, 0.1) is 3.82 Å². The van der Waals surface area contributed by atoms with Gasteiger partial charge in [0, 0.05) is 16.0 Å². The molecule has 0 unspecified atom stereocenters. The van der Waals surface area contributed by atoms with E-state index in [9.17, 15) is 5.11 Å². The Labute approximate surface area is 139 Å². The van der Waals surface area contributed by atoms with Gasteiger partial charge in [0.05, 0.1) is 0 Å². The topological polar surface area (TPSA) is 20.2 Å². The molecule has 21 heavy (non-hydrogen) atoms. The van der Waals surface area contributed by atoms with Gasteiger partial charge in [0.1, 0.15) is 9.57 Å². The van der Waals surface area contributed by atoms with Crippen LogP contribution in [0.5, 0.6) is 5.75 Å². The van der Waals surface area contributed by atoms with Crippen molar-refractivity contribution < 1.29 is 5.11 Å². The fourth-order valence-corrected chi connectivity index (χ4v) is 4.68. The third kappa shape index (κ3) is 3.55. The SMILES string of the molecule is CC(C)(C)c1cc(-c2cc(=S)ss2)cc(C(C)(C)C)c1O. The number of phenols is 1. The molecule has 1 aromatic carbocycles. The van der Waals surface area contributed by atoms with Crippen molar-refractivity contribution in [1.82, 2.24) is 0 Å². The molecule has 0 atom stereocenters. The predicted octanol–water partition coefficient (Wildman–Crippen LogP) is 6.51. The molecular weight excluding hydrogens is 316 g/mol. The standard InChI is InChI=1S/C17H22OS3/c1-16(2,3)11-7-10(13-9-14(19)21-20-13)8-12(15(11)18)17(4,5)6/h7-9,18H,1-6H3. The van der Waals surface area contributed by atoms with Gasteiger partial charge < -0.3 is 5.11 Å². The summed E-state index contributed by atoms with van der Waals surface area (Å²) in [7, 11) is 3.33. The number of aromatic hydroxyl groups is 1. The van der Waals surface area contributed by atoms with Crippen molar-refractivity contribution in [3.05, 3.63) is 33.1 Å². The summed E-state index contributed by atoms with van der Waals surface area (Å²) in [6.45, 7) is 12.8. The minimum atomic E-state index is -0.0996. The van der Waals surface area contributed by atoms with Gasteiger partial charge in [-0.25, -0.2) is 0 Å². The van der Waals surface area contributed by atoms with Crippen LogP contribution < -0.4 is 0 Å². The van der Waals surface area contributed by atoms with Gasteiger partial charge in [-0.2, -0.15) is 0 Å². The number of phenolic OH excluding ortho intramolecular Hbond substituents is 1. The molecular formula is C17H22OS3. The van der Waals surface area contributed by atoms with Gasteiger partial charge >= 0.3 is 0 Å². The van der Waals surface area contributed by atoms with E-state index in [0.29, 0.717) is 5.75 Å². The van der Waals surface area contributed by atoms with E-state index in [0.717, 1.165) is 20.5 Å². The average molecular weight is 339 g/mol. The Hall–Kier alpha value is -0.710. The molecule has 2 rings (SSSR count). The lowest BCUT2D eigenvalue weighted by Gasteiger charge is -2.28. The summed E-state index contributed by atoms with van der Waals surface area (Å²) in [6.07, 6.45) is 0. The molecule has 0 spiro atoms. The van der Waals surface area contributed by atoms with E-state index in [1.54, 1.807) is 20.7 Å². The van der Waals surface area contributed by atoms with E-state index in [1.165, 1.54) is 4.88 Å². The van der Waals surface area contributed by atoms with E-state index >= 15 is 0 Å². The number of hydrogen-bond donors (Lipinski definition) is 1. The Bertz CT molecular complexity index is 674. The highest BCUT2D eigenvalue weighted by atomic mass is 32.9. The van der Waals surface area contributed by atoms with E-state index in [2.05, 4.69) is 59.7 Å². The second kappa shape index (κ2) is 5.49. The van der Waals surface area contributed by atoms with Crippen LogP contribution in [0.3, 0.4) is 0 Å². The maximum Gasteiger partial charge on any atom is 0.123 e. The average Bonchev–Trinajstić information content (AvgIpc) is 2.73. The monoisotopic (exact) mass is 338 g/mol. The zero-order valence-electron chi connectivity index (χ0n) is 13.4. The van der Waals surface area contributed by atoms with Crippen molar-refractivity contribution in [2.45, 2.75) is 52.4 Å². The summed E-state index contributed by atoms with van der Waals surface area (Å²) in [5.41, 5.74) is 2.94. The summed E-state index contributed by atoms with van der Waals surface area (Å²) < 4.78 is 0.915. The van der Waals surface area contributed by atoms with Crippen molar-refractivity contribution in [2.75, 3.05) is 0 Å². The fourth-order valence-electron chi connectivity index (χ4n) is 2.29. The molecule has 1 nitrogen and oxygen atoms in total. The van der Waals surface area contributed by atoms with Crippen molar-refractivity contribution >= 4 is 32.9 Å². The Morgan fingerprint density at radius 3 is 1.67 bits per heavy atom. The van der Waals surface area contributed by atoms with Gasteiger partial charge in [0.2, 0.25) is 0 Å². The molecule has 0 saturated heterocycles. The Balaban J connectivity index is 2.77. The van der Waals surface area contributed by atoms with E-state index in [1.807, 2.05) is 0 Å². The molecule has 0 aliphatic carbocycles. The minimum absolute atomic E-state index is 0.0996. The first-order valence-electron chi connectivity index (χ1n) is 6.98. The Morgan fingerprint density at radius 1 is 0.857 bits per heavy atom. The number of rotatable bonds is 1. The van der Waals surface area contributed by atoms with Crippen LogP contribution in [-0.4, -0.2) is 5.11 Å². The van der Waals surface area contributed by atoms with Crippen LogP contribution in [0.25, 0.3) is 10.4 Å². The second-order valence-corrected chi connectivity index (χ2v) is 10.3. The molecule has 2 aromatic rings. The highest BCUT2D eigenvalue weighted by Crippen LogP contribution is 2.43. The lowest BCUT2D eigenvalue weighted by atomic mass is 9.78. The molecule has 0 saturated carbocycles. The van der Waals surface area contributed by atoms with Crippen LogP contribution >= 0.6 is 32.9 Å².